The number of hydrogen-bond donors (Lipinski definition) is 1. The summed E-state index contributed by atoms with van der Waals surface area (Å²) in [5, 5.41) is 4.28. The number of hydrogen-bond acceptors (Lipinski definition) is 1. The summed E-state index contributed by atoms with van der Waals surface area (Å²) in [7, 11) is 0. The van der Waals surface area contributed by atoms with Crippen LogP contribution in [-0.4, -0.2) is 11.2 Å². The first kappa shape index (κ1) is 16.8. The van der Waals surface area contributed by atoms with Crippen LogP contribution >= 0.6 is 50.1 Å². The summed E-state index contributed by atoms with van der Waals surface area (Å²) < 4.78 is 0.928. The lowest BCUT2D eigenvalue weighted by molar-refractivity contribution is 0.0914. The van der Waals surface area contributed by atoms with Gasteiger partial charge >= 0.3 is 0 Å². The Labute approximate surface area is 151 Å². The van der Waals surface area contributed by atoms with E-state index in [1.807, 2.05) is 43.3 Å². The Morgan fingerprint density at radius 2 is 1.95 bits per heavy atom. The fourth-order valence-corrected chi connectivity index (χ4v) is 2.93. The summed E-state index contributed by atoms with van der Waals surface area (Å²) in [5.74, 6) is -0.140. The summed E-state index contributed by atoms with van der Waals surface area (Å²) in [6.45, 7) is 1.99. The maximum atomic E-state index is 12.5. The van der Waals surface area contributed by atoms with Gasteiger partial charge in [0.05, 0.1) is 10.6 Å². The van der Waals surface area contributed by atoms with Crippen molar-refractivity contribution in [1.29, 1.82) is 0 Å². The zero-order chi connectivity index (χ0) is 15.5. The van der Waals surface area contributed by atoms with Crippen LogP contribution in [0.3, 0.4) is 0 Å². The number of halogens is 3. The molecule has 0 aliphatic heterocycles. The highest BCUT2D eigenvalue weighted by atomic mass is 127. The van der Waals surface area contributed by atoms with Crippen LogP contribution in [0.15, 0.2) is 48.5 Å². The first-order chi connectivity index (χ1) is 9.96. The van der Waals surface area contributed by atoms with Crippen LogP contribution < -0.4 is 5.32 Å². The maximum absolute atomic E-state index is 12.5. The third kappa shape index (κ3) is 3.99. The van der Waals surface area contributed by atoms with Gasteiger partial charge in [0, 0.05) is 14.5 Å². The molecule has 0 aromatic heterocycles. The SMILES string of the molecule is CC(CBr)(NC(=O)c1ccc(I)c(Cl)c1)c1ccccc1. The highest BCUT2D eigenvalue weighted by Crippen LogP contribution is 2.25. The summed E-state index contributed by atoms with van der Waals surface area (Å²) in [4.78, 5) is 12.5. The molecular weight excluding hydrogens is 464 g/mol. The molecule has 0 bridgehead atoms. The molecule has 1 N–H and O–H groups in total. The minimum Gasteiger partial charge on any atom is -0.342 e. The highest BCUT2D eigenvalue weighted by molar-refractivity contribution is 14.1. The fraction of sp³-hybridized carbons (Fsp3) is 0.188. The molecule has 1 unspecified atom stereocenters. The van der Waals surface area contributed by atoms with Crippen molar-refractivity contribution in [3.8, 4) is 0 Å². The van der Waals surface area contributed by atoms with Crippen LogP contribution in [0.5, 0.6) is 0 Å². The molecule has 2 aromatic carbocycles. The molecule has 1 atom stereocenters. The lowest BCUT2D eigenvalue weighted by atomic mass is 9.94. The molecule has 0 heterocycles. The van der Waals surface area contributed by atoms with Crippen molar-refractivity contribution in [1.82, 2.24) is 5.32 Å². The third-order valence-corrected chi connectivity index (χ3v) is 5.94. The molecule has 0 radical (unpaired) electrons. The Balaban J connectivity index is 2.26. The van der Waals surface area contributed by atoms with Crippen molar-refractivity contribution in [3.05, 3.63) is 68.3 Å². The second kappa shape index (κ2) is 7.11. The van der Waals surface area contributed by atoms with Gasteiger partial charge in [0.25, 0.3) is 5.91 Å². The van der Waals surface area contributed by atoms with Crippen molar-refractivity contribution in [2.24, 2.45) is 0 Å². The number of alkyl halides is 1. The van der Waals surface area contributed by atoms with Gasteiger partial charge < -0.3 is 5.32 Å². The minimum atomic E-state index is -0.478. The predicted octanol–water partition coefficient (Wildman–Crippen LogP) is 4.98. The minimum absolute atomic E-state index is 0.140. The lowest BCUT2D eigenvalue weighted by Gasteiger charge is -2.29. The van der Waals surface area contributed by atoms with E-state index in [0.717, 1.165) is 9.13 Å². The number of carbonyl (C=O) groups is 1. The van der Waals surface area contributed by atoms with Crippen LogP contribution in [0, 0.1) is 3.57 Å². The molecule has 0 fully saturated rings. The van der Waals surface area contributed by atoms with Gasteiger partial charge in [0.2, 0.25) is 0 Å². The molecule has 0 saturated carbocycles. The monoisotopic (exact) mass is 477 g/mol. The molecule has 2 rings (SSSR count). The van der Waals surface area contributed by atoms with Crippen molar-refractivity contribution in [2.75, 3.05) is 5.33 Å². The van der Waals surface area contributed by atoms with E-state index < -0.39 is 5.54 Å². The fourth-order valence-electron chi connectivity index (χ4n) is 1.95. The number of benzene rings is 2. The normalized spacial score (nSPS) is 13.5. The van der Waals surface area contributed by atoms with Gasteiger partial charge in [-0.2, -0.15) is 0 Å². The van der Waals surface area contributed by atoms with Crippen LogP contribution in [0.25, 0.3) is 0 Å². The molecule has 110 valence electrons. The van der Waals surface area contributed by atoms with Gasteiger partial charge in [-0.1, -0.05) is 57.9 Å². The first-order valence-electron chi connectivity index (χ1n) is 6.35. The molecule has 0 spiro atoms. The van der Waals surface area contributed by atoms with Crippen molar-refractivity contribution >= 4 is 56.0 Å². The van der Waals surface area contributed by atoms with Crippen molar-refractivity contribution < 1.29 is 4.79 Å². The largest absolute Gasteiger partial charge is 0.342 e. The zero-order valence-electron chi connectivity index (χ0n) is 11.4. The molecule has 0 saturated heterocycles. The molecular formula is C16H14BrClINO. The molecule has 2 nitrogen and oxygen atoms in total. The van der Waals surface area contributed by atoms with Crippen molar-refractivity contribution in [3.63, 3.8) is 0 Å². The van der Waals surface area contributed by atoms with Gasteiger partial charge in [-0.15, -0.1) is 0 Å². The van der Waals surface area contributed by atoms with Crippen LogP contribution in [0.1, 0.15) is 22.8 Å². The van der Waals surface area contributed by atoms with Gasteiger partial charge in [-0.25, -0.2) is 0 Å². The maximum Gasteiger partial charge on any atom is 0.252 e. The molecule has 0 aliphatic rings. The zero-order valence-corrected chi connectivity index (χ0v) is 15.9. The number of nitrogens with one attached hydrogen (secondary N) is 1. The highest BCUT2D eigenvalue weighted by Gasteiger charge is 2.27. The van der Waals surface area contributed by atoms with E-state index in [9.17, 15) is 4.79 Å². The smallest absolute Gasteiger partial charge is 0.252 e. The molecule has 5 heteroatoms. The van der Waals surface area contributed by atoms with Crippen LogP contribution in [0.2, 0.25) is 5.02 Å². The van der Waals surface area contributed by atoms with E-state index in [0.29, 0.717) is 15.9 Å². The van der Waals surface area contributed by atoms with E-state index in [2.05, 4.69) is 43.8 Å². The lowest BCUT2D eigenvalue weighted by Crippen LogP contribution is -2.44. The summed E-state index contributed by atoms with van der Waals surface area (Å²) in [6, 6.07) is 15.2. The third-order valence-electron chi connectivity index (χ3n) is 3.25. The number of carbonyl (C=O) groups excluding carboxylic acids is 1. The Morgan fingerprint density at radius 1 is 1.29 bits per heavy atom. The topological polar surface area (TPSA) is 29.1 Å². The predicted molar refractivity (Wildman–Crippen MR) is 99.2 cm³/mol. The second-order valence-corrected chi connectivity index (χ2v) is 7.04. The van der Waals surface area contributed by atoms with E-state index in [4.69, 9.17) is 11.6 Å². The van der Waals surface area contributed by atoms with Crippen molar-refractivity contribution in [2.45, 2.75) is 12.5 Å². The van der Waals surface area contributed by atoms with Crippen LogP contribution in [-0.2, 0) is 5.54 Å². The van der Waals surface area contributed by atoms with E-state index in [1.165, 1.54) is 0 Å². The quantitative estimate of drug-likeness (QED) is 0.487. The summed E-state index contributed by atoms with van der Waals surface area (Å²) in [6.07, 6.45) is 0. The van der Waals surface area contributed by atoms with E-state index in [1.54, 1.807) is 12.1 Å². The van der Waals surface area contributed by atoms with Gasteiger partial charge in [-0.05, 0) is 53.3 Å². The molecule has 2 aromatic rings. The number of rotatable bonds is 4. The second-order valence-electron chi connectivity index (χ2n) is 4.91. The van der Waals surface area contributed by atoms with Gasteiger partial charge in [0.1, 0.15) is 0 Å². The van der Waals surface area contributed by atoms with Crippen LogP contribution in [0.4, 0.5) is 0 Å². The first-order valence-corrected chi connectivity index (χ1v) is 8.93. The average molecular weight is 479 g/mol. The molecule has 21 heavy (non-hydrogen) atoms. The number of amides is 1. The van der Waals surface area contributed by atoms with Gasteiger partial charge in [0.15, 0.2) is 0 Å². The van der Waals surface area contributed by atoms with E-state index >= 15 is 0 Å². The summed E-state index contributed by atoms with van der Waals surface area (Å²) >= 11 is 11.7. The molecule has 0 aliphatic carbocycles. The summed E-state index contributed by atoms with van der Waals surface area (Å²) in [5.41, 5.74) is 1.13. The standard InChI is InChI=1S/C16H14BrClINO/c1-16(10-17,12-5-3-2-4-6-12)20-15(21)11-7-8-14(19)13(18)9-11/h2-9H,10H2,1H3,(H,20,21). The molecule has 1 amide bonds. The van der Waals surface area contributed by atoms with E-state index in [-0.39, 0.29) is 5.91 Å². The Hall–Kier alpha value is -0.590. The average Bonchev–Trinajstić information content (AvgIpc) is 2.50. The van der Waals surface area contributed by atoms with Gasteiger partial charge in [-0.3, -0.25) is 4.79 Å². The Morgan fingerprint density at radius 3 is 2.52 bits per heavy atom. The Bertz CT molecular complexity index is 650. The Kier molecular flexibility index (Phi) is 5.68.